The Morgan fingerprint density at radius 3 is 2.68 bits per heavy atom. The first-order valence-corrected chi connectivity index (χ1v) is 9.75. The minimum atomic E-state index is -0.222. The molecule has 0 aromatic heterocycles. The molecule has 3 N–H and O–H groups in total. The fraction of sp³-hybridized carbons (Fsp3) is 0.381. The number of carbonyl (C=O) groups excluding carboxylic acids is 1. The molecule has 1 fully saturated rings. The van der Waals surface area contributed by atoms with Gasteiger partial charge in [-0.1, -0.05) is 23.7 Å². The molecule has 1 aliphatic heterocycles. The van der Waals surface area contributed by atoms with Gasteiger partial charge in [-0.3, -0.25) is 4.79 Å². The molecular weight excluding hydrogens is 378 g/mol. The summed E-state index contributed by atoms with van der Waals surface area (Å²) >= 11 is 6.12. The van der Waals surface area contributed by atoms with Crippen molar-refractivity contribution in [3.05, 3.63) is 47.0 Å². The predicted molar refractivity (Wildman–Crippen MR) is 114 cm³/mol. The summed E-state index contributed by atoms with van der Waals surface area (Å²) in [4.78, 5) is 14.7. The summed E-state index contributed by atoms with van der Waals surface area (Å²) in [5, 5.41) is 16.4. The fourth-order valence-corrected chi connectivity index (χ4v) is 3.46. The van der Waals surface area contributed by atoms with Gasteiger partial charge < -0.3 is 25.4 Å². The number of nitrogens with one attached hydrogen (secondary N) is 2. The third-order valence-electron chi connectivity index (χ3n) is 4.90. The first-order valence-electron chi connectivity index (χ1n) is 9.38. The highest BCUT2D eigenvalue weighted by atomic mass is 35.5. The van der Waals surface area contributed by atoms with Crippen LogP contribution in [0.25, 0.3) is 0 Å². The number of aryl methyl sites for hydroxylation is 1. The third kappa shape index (κ3) is 4.88. The van der Waals surface area contributed by atoms with Crippen molar-refractivity contribution in [3.8, 4) is 5.75 Å². The molecule has 1 aliphatic rings. The number of hydrogen-bond donors (Lipinski definition) is 3. The summed E-state index contributed by atoms with van der Waals surface area (Å²) in [6.45, 7) is 3.60. The van der Waals surface area contributed by atoms with Crippen molar-refractivity contribution < 1.29 is 14.6 Å². The highest BCUT2D eigenvalue weighted by Crippen LogP contribution is 2.31. The van der Waals surface area contributed by atoms with Crippen LogP contribution in [0, 0.1) is 6.92 Å². The summed E-state index contributed by atoms with van der Waals surface area (Å²) < 4.78 is 5.31. The second-order valence-electron chi connectivity index (χ2n) is 6.94. The van der Waals surface area contributed by atoms with E-state index >= 15 is 0 Å². The van der Waals surface area contributed by atoms with Crippen LogP contribution in [0.2, 0.25) is 5.02 Å². The molecule has 1 amide bonds. The highest BCUT2D eigenvalue weighted by Gasteiger charge is 2.19. The Morgan fingerprint density at radius 2 is 1.96 bits per heavy atom. The largest absolute Gasteiger partial charge is 0.495 e. The topological polar surface area (TPSA) is 73.8 Å². The SMILES string of the molecule is COc1cc(Cl)c(C)cc1NC(=O)CNc1ccccc1N1CCC(O)CC1. The van der Waals surface area contributed by atoms with E-state index in [1.807, 2.05) is 31.2 Å². The number of aliphatic hydroxyl groups is 1. The zero-order chi connectivity index (χ0) is 20.1. The monoisotopic (exact) mass is 403 g/mol. The molecule has 1 heterocycles. The molecule has 7 heteroatoms. The lowest BCUT2D eigenvalue weighted by atomic mass is 10.1. The second-order valence-corrected chi connectivity index (χ2v) is 7.35. The zero-order valence-electron chi connectivity index (χ0n) is 16.2. The van der Waals surface area contributed by atoms with E-state index in [0.29, 0.717) is 16.5 Å². The van der Waals surface area contributed by atoms with Gasteiger partial charge in [0.05, 0.1) is 36.8 Å². The average Bonchev–Trinajstić information content (AvgIpc) is 2.70. The number of carbonyl (C=O) groups is 1. The molecule has 6 nitrogen and oxygen atoms in total. The average molecular weight is 404 g/mol. The lowest BCUT2D eigenvalue weighted by Crippen LogP contribution is -2.36. The number of para-hydroxylation sites is 2. The molecule has 0 bridgehead atoms. The molecule has 150 valence electrons. The molecule has 3 rings (SSSR count). The zero-order valence-corrected chi connectivity index (χ0v) is 16.9. The number of rotatable bonds is 6. The number of methoxy groups -OCH3 is 1. The van der Waals surface area contributed by atoms with Gasteiger partial charge in [-0.15, -0.1) is 0 Å². The number of halogens is 1. The summed E-state index contributed by atoms with van der Waals surface area (Å²) in [6.07, 6.45) is 1.29. The molecule has 0 spiro atoms. The Morgan fingerprint density at radius 1 is 1.25 bits per heavy atom. The van der Waals surface area contributed by atoms with Crippen molar-refractivity contribution in [1.82, 2.24) is 0 Å². The van der Waals surface area contributed by atoms with Crippen LogP contribution in [0.5, 0.6) is 5.75 Å². The van der Waals surface area contributed by atoms with Gasteiger partial charge in [0.1, 0.15) is 5.75 Å². The number of hydrogen-bond acceptors (Lipinski definition) is 5. The molecule has 0 saturated carbocycles. The van der Waals surface area contributed by atoms with Gasteiger partial charge in [0, 0.05) is 24.2 Å². The molecule has 2 aromatic rings. The first kappa shape index (κ1) is 20.3. The van der Waals surface area contributed by atoms with Gasteiger partial charge in [-0.25, -0.2) is 0 Å². The lowest BCUT2D eigenvalue weighted by molar-refractivity contribution is -0.114. The number of nitrogens with zero attached hydrogens (tertiary/aromatic N) is 1. The summed E-state index contributed by atoms with van der Waals surface area (Å²) in [5.41, 5.74) is 3.40. The molecule has 28 heavy (non-hydrogen) atoms. The van der Waals surface area contributed by atoms with Crippen molar-refractivity contribution in [1.29, 1.82) is 0 Å². The van der Waals surface area contributed by atoms with Gasteiger partial charge in [0.25, 0.3) is 0 Å². The quantitative estimate of drug-likeness (QED) is 0.686. The number of ether oxygens (including phenoxy) is 1. The van der Waals surface area contributed by atoms with Gasteiger partial charge in [0.15, 0.2) is 0 Å². The van der Waals surface area contributed by atoms with Crippen LogP contribution >= 0.6 is 11.6 Å². The molecule has 0 aliphatic carbocycles. The molecule has 2 aromatic carbocycles. The number of anilines is 3. The smallest absolute Gasteiger partial charge is 0.243 e. The van der Waals surface area contributed by atoms with Gasteiger partial charge >= 0.3 is 0 Å². The van der Waals surface area contributed by atoms with E-state index in [1.165, 1.54) is 0 Å². The van der Waals surface area contributed by atoms with Crippen molar-refractivity contribution >= 4 is 34.6 Å². The van der Waals surface area contributed by atoms with E-state index in [1.54, 1.807) is 19.2 Å². The van der Waals surface area contributed by atoms with E-state index < -0.39 is 0 Å². The van der Waals surface area contributed by atoms with Crippen LogP contribution in [0.1, 0.15) is 18.4 Å². The molecular formula is C21H26ClN3O3. The third-order valence-corrected chi connectivity index (χ3v) is 5.31. The fourth-order valence-electron chi connectivity index (χ4n) is 3.31. The van der Waals surface area contributed by atoms with Crippen LogP contribution in [0.15, 0.2) is 36.4 Å². The van der Waals surface area contributed by atoms with E-state index in [4.69, 9.17) is 16.3 Å². The van der Waals surface area contributed by atoms with E-state index in [9.17, 15) is 9.90 Å². The van der Waals surface area contributed by atoms with Crippen molar-refractivity contribution in [2.45, 2.75) is 25.9 Å². The number of piperidine rings is 1. The predicted octanol–water partition coefficient (Wildman–Crippen LogP) is 3.67. The molecule has 1 saturated heterocycles. The summed E-state index contributed by atoms with van der Waals surface area (Å²) in [7, 11) is 1.54. The minimum absolute atomic E-state index is 0.123. The van der Waals surface area contributed by atoms with Crippen LogP contribution < -0.4 is 20.3 Å². The van der Waals surface area contributed by atoms with Crippen molar-refractivity contribution in [2.75, 3.05) is 42.3 Å². The Hall–Kier alpha value is -2.44. The number of benzene rings is 2. The standard InChI is InChI=1S/C21H26ClN3O3/c1-14-11-18(20(28-2)12-16(14)22)24-21(27)13-23-17-5-3-4-6-19(17)25-9-7-15(26)8-10-25/h3-6,11-12,15,23,26H,7-10,13H2,1-2H3,(H,24,27). The molecule has 0 radical (unpaired) electrons. The van der Waals surface area contributed by atoms with E-state index in [-0.39, 0.29) is 18.6 Å². The lowest BCUT2D eigenvalue weighted by Gasteiger charge is -2.32. The molecule has 0 unspecified atom stereocenters. The van der Waals surface area contributed by atoms with Crippen molar-refractivity contribution in [3.63, 3.8) is 0 Å². The normalized spacial score (nSPS) is 14.6. The Balaban J connectivity index is 1.65. The Kier molecular flexibility index (Phi) is 6.65. The Labute approximate surface area is 170 Å². The molecule has 0 atom stereocenters. The van der Waals surface area contributed by atoms with Gasteiger partial charge in [-0.2, -0.15) is 0 Å². The summed E-state index contributed by atoms with van der Waals surface area (Å²) in [6, 6.07) is 11.4. The van der Waals surface area contributed by atoms with Crippen LogP contribution in [-0.4, -0.2) is 43.9 Å². The highest BCUT2D eigenvalue weighted by molar-refractivity contribution is 6.31. The van der Waals surface area contributed by atoms with Crippen LogP contribution in [0.4, 0.5) is 17.1 Å². The van der Waals surface area contributed by atoms with Gasteiger partial charge in [0.2, 0.25) is 5.91 Å². The number of amides is 1. The van der Waals surface area contributed by atoms with E-state index in [2.05, 4.69) is 15.5 Å². The van der Waals surface area contributed by atoms with Crippen LogP contribution in [0.3, 0.4) is 0 Å². The second kappa shape index (κ2) is 9.17. The minimum Gasteiger partial charge on any atom is -0.495 e. The Bertz CT molecular complexity index is 836. The number of aliphatic hydroxyl groups excluding tert-OH is 1. The van der Waals surface area contributed by atoms with E-state index in [0.717, 1.165) is 42.9 Å². The van der Waals surface area contributed by atoms with Crippen molar-refractivity contribution in [2.24, 2.45) is 0 Å². The van der Waals surface area contributed by atoms with Gasteiger partial charge in [-0.05, 0) is 43.5 Å². The van der Waals surface area contributed by atoms with Crippen LogP contribution in [-0.2, 0) is 4.79 Å². The summed E-state index contributed by atoms with van der Waals surface area (Å²) in [5.74, 6) is 0.347. The maximum Gasteiger partial charge on any atom is 0.243 e. The maximum atomic E-state index is 12.5. The first-order chi connectivity index (χ1) is 13.5. The maximum absolute atomic E-state index is 12.5.